The van der Waals surface area contributed by atoms with Crippen LogP contribution in [0.3, 0.4) is 0 Å². The van der Waals surface area contributed by atoms with Gasteiger partial charge in [-0.3, -0.25) is 0 Å². The van der Waals surface area contributed by atoms with E-state index in [0.29, 0.717) is 17.7 Å². The zero-order chi connectivity index (χ0) is 13.0. The maximum Gasteiger partial charge on any atom is 0.115 e. The minimum absolute atomic E-state index is 0.334. The van der Waals surface area contributed by atoms with Crippen molar-refractivity contribution in [3.05, 3.63) is 29.8 Å². The van der Waals surface area contributed by atoms with Crippen LogP contribution in [0.4, 0.5) is 0 Å². The average molecular weight is 247 g/mol. The quantitative estimate of drug-likeness (QED) is 0.855. The predicted octanol–water partition coefficient (Wildman–Crippen LogP) is 3.48. The third-order valence-electron chi connectivity index (χ3n) is 4.26. The van der Waals surface area contributed by atoms with E-state index in [2.05, 4.69) is 13.0 Å². The summed E-state index contributed by atoms with van der Waals surface area (Å²) in [6, 6.07) is 7.94. The number of nitrogens with two attached hydrogens (primary N) is 1. The smallest absolute Gasteiger partial charge is 0.115 e. The van der Waals surface area contributed by atoms with E-state index in [1.165, 1.54) is 31.2 Å². The van der Waals surface area contributed by atoms with Crippen molar-refractivity contribution >= 4 is 0 Å². The van der Waals surface area contributed by atoms with Crippen LogP contribution in [0.5, 0.6) is 5.75 Å². The van der Waals surface area contributed by atoms with E-state index in [1.54, 1.807) is 6.07 Å². The van der Waals surface area contributed by atoms with Crippen LogP contribution in [0.25, 0.3) is 0 Å². The number of phenolic OH excluding ortho intramolecular Hbond substituents is 1. The van der Waals surface area contributed by atoms with Crippen LogP contribution in [0.1, 0.15) is 44.6 Å². The highest BCUT2D eigenvalue weighted by molar-refractivity contribution is 5.27. The van der Waals surface area contributed by atoms with Crippen molar-refractivity contribution < 1.29 is 5.11 Å². The first kappa shape index (κ1) is 13.4. The molecule has 100 valence electrons. The van der Waals surface area contributed by atoms with Gasteiger partial charge in [-0.1, -0.05) is 31.9 Å². The standard InChI is InChI=1S/C16H25NO/c1-2-4-12-7-8-16(17)14(9-12)10-13-5-3-6-15(18)11-13/h3,5-6,11-12,14,16,18H,2,4,7-10,17H2,1H3. The molecule has 0 aromatic heterocycles. The van der Waals surface area contributed by atoms with Gasteiger partial charge < -0.3 is 10.8 Å². The first-order chi connectivity index (χ1) is 8.69. The summed E-state index contributed by atoms with van der Waals surface area (Å²) in [6.07, 6.45) is 7.34. The largest absolute Gasteiger partial charge is 0.508 e. The van der Waals surface area contributed by atoms with Crippen LogP contribution in [0.15, 0.2) is 24.3 Å². The van der Waals surface area contributed by atoms with E-state index >= 15 is 0 Å². The predicted molar refractivity (Wildman–Crippen MR) is 75.5 cm³/mol. The lowest BCUT2D eigenvalue weighted by Crippen LogP contribution is -2.37. The highest BCUT2D eigenvalue weighted by Crippen LogP contribution is 2.33. The van der Waals surface area contributed by atoms with E-state index < -0.39 is 0 Å². The van der Waals surface area contributed by atoms with Crippen LogP contribution >= 0.6 is 0 Å². The Morgan fingerprint density at radius 2 is 2.17 bits per heavy atom. The summed E-state index contributed by atoms with van der Waals surface area (Å²) in [7, 11) is 0. The molecule has 2 nitrogen and oxygen atoms in total. The minimum Gasteiger partial charge on any atom is -0.508 e. The second kappa shape index (κ2) is 6.24. The molecule has 1 fully saturated rings. The van der Waals surface area contributed by atoms with E-state index in [9.17, 15) is 5.11 Å². The zero-order valence-corrected chi connectivity index (χ0v) is 11.3. The van der Waals surface area contributed by atoms with Crippen LogP contribution in [0.2, 0.25) is 0 Å². The van der Waals surface area contributed by atoms with Gasteiger partial charge >= 0.3 is 0 Å². The van der Waals surface area contributed by atoms with Crippen molar-refractivity contribution in [2.45, 2.75) is 51.5 Å². The fourth-order valence-corrected chi connectivity index (χ4v) is 3.28. The maximum absolute atomic E-state index is 9.51. The molecule has 0 saturated heterocycles. The lowest BCUT2D eigenvalue weighted by atomic mass is 9.74. The normalized spacial score (nSPS) is 28.2. The van der Waals surface area contributed by atoms with E-state index in [4.69, 9.17) is 5.73 Å². The monoisotopic (exact) mass is 247 g/mol. The molecule has 18 heavy (non-hydrogen) atoms. The van der Waals surface area contributed by atoms with Gasteiger partial charge in [-0.25, -0.2) is 0 Å². The second-order valence-corrected chi connectivity index (χ2v) is 5.77. The molecule has 3 N–H and O–H groups in total. The fourth-order valence-electron chi connectivity index (χ4n) is 3.28. The molecule has 2 rings (SSSR count). The fraction of sp³-hybridized carbons (Fsp3) is 0.625. The molecule has 1 aromatic rings. The summed E-state index contributed by atoms with van der Waals surface area (Å²) in [4.78, 5) is 0. The highest BCUT2D eigenvalue weighted by atomic mass is 16.3. The molecule has 1 saturated carbocycles. The Balaban J connectivity index is 1.98. The molecule has 0 spiro atoms. The van der Waals surface area contributed by atoms with Crippen LogP contribution < -0.4 is 5.73 Å². The SMILES string of the molecule is CCCC1CCC(N)C(Cc2cccc(O)c2)C1. The molecule has 1 aliphatic carbocycles. The third kappa shape index (κ3) is 3.49. The number of phenols is 1. The molecule has 1 aliphatic rings. The Labute approximate surface area is 110 Å². The van der Waals surface area contributed by atoms with Crippen molar-refractivity contribution in [3.63, 3.8) is 0 Å². The molecule has 0 radical (unpaired) electrons. The lowest BCUT2D eigenvalue weighted by molar-refractivity contribution is 0.221. The molecule has 0 aliphatic heterocycles. The Kier molecular flexibility index (Phi) is 4.65. The van der Waals surface area contributed by atoms with Crippen LogP contribution in [-0.4, -0.2) is 11.1 Å². The first-order valence-electron chi connectivity index (χ1n) is 7.22. The molecule has 0 amide bonds. The molecular formula is C16H25NO. The van der Waals surface area contributed by atoms with Crippen molar-refractivity contribution in [2.24, 2.45) is 17.6 Å². The molecule has 1 aromatic carbocycles. The van der Waals surface area contributed by atoms with Crippen molar-refractivity contribution in [3.8, 4) is 5.75 Å². The molecule has 3 unspecified atom stereocenters. The summed E-state index contributed by atoms with van der Waals surface area (Å²) in [5.41, 5.74) is 7.48. The lowest BCUT2D eigenvalue weighted by Gasteiger charge is -2.34. The summed E-state index contributed by atoms with van der Waals surface area (Å²) in [5, 5.41) is 9.51. The summed E-state index contributed by atoms with van der Waals surface area (Å²) in [6.45, 7) is 2.26. The molecule has 0 heterocycles. The summed E-state index contributed by atoms with van der Waals surface area (Å²) < 4.78 is 0. The first-order valence-corrected chi connectivity index (χ1v) is 7.22. The van der Waals surface area contributed by atoms with Gasteiger partial charge in [0.1, 0.15) is 5.75 Å². The van der Waals surface area contributed by atoms with Crippen molar-refractivity contribution in [2.75, 3.05) is 0 Å². The third-order valence-corrected chi connectivity index (χ3v) is 4.26. The van der Waals surface area contributed by atoms with Gasteiger partial charge in [-0.2, -0.15) is 0 Å². The number of aromatic hydroxyl groups is 1. The van der Waals surface area contributed by atoms with Gasteiger partial charge in [0, 0.05) is 6.04 Å². The Hall–Kier alpha value is -1.02. The topological polar surface area (TPSA) is 46.2 Å². The molecule has 0 bridgehead atoms. The van der Waals surface area contributed by atoms with Gasteiger partial charge in [0.15, 0.2) is 0 Å². The van der Waals surface area contributed by atoms with E-state index in [-0.39, 0.29) is 0 Å². The maximum atomic E-state index is 9.51. The van der Waals surface area contributed by atoms with Crippen molar-refractivity contribution in [1.29, 1.82) is 0 Å². The number of hydrogen-bond donors (Lipinski definition) is 2. The number of benzene rings is 1. The molecule has 3 atom stereocenters. The van der Waals surface area contributed by atoms with Crippen LogP contribution in [0, 0.1) is 11.8 Å². The van der Waals surface area contributed by atoms with E-state index in [1.807, 2.05) is 12.1 Å². The summed E-state index contributed by atoms with van der Waals surface area (Å²) >= 11 is 0. The molecule has 2 heteroatoms. The second-order valence-electron chi connectivity index (χ2n) is 5.77. The van der Waals surface area contributed by atoms with Gasteiger partial charge in [-0.05, 0) is 55.2 Å². The van der Waals surface area contributed by atoms with E-state index in [0.717, 1.165) is 18.8 Å². The van der Waals surface area contributed by atoms with Gasteiger partial charge in [0.2, 0.25) is 0 Å². The summed E-state index contributed by atoms with van der Waals surface area (Å²) in [5.74, 6) is 1.80. The van der Waals surface area contributed by atoms with Gasteiger partial charge in [0.05, 0.1) is 0 Å². The average Bonchev–Trinajstić information content (AvgIpc) is 2.34. The Morgan fingerprint density at radius 3 is 2.89 bits per heavy atom. The Morgan fingerprint density at radius 1 is 1.33 bits per heavy atom. The molecular weight excluding hydrogens is 222 g/mol. The van der Waals surface area contributed by atoms with Crippen LogP contribution in [-0.2, 0) is 6.42 Å². The minimum atomic E-state index is 0.334. The number of rotatable bonds is 4. The highest BCUT2D eigenvalue weighted by Gasteiger charge is 2.27. The Bertz CT molecular complexity index is 377. The number of hydrogen-bond acceptors (Lipinski definition) is 2. The van der Waals surface area contributed by atoms with Gasteiger partial charge in [0.25, 0.3) is 0 Å². The zero-order valence-electron chi connectivity index (χ0n) is 11.3. The van der Waals surface area contributed by atoms with Crippen molar-refractivity contribution in [1.82, 2.24) is 0 Å². The van der Waals surface area contributed by atoms with Gasteiger partial charge in [-0.15, -0.1) is 0 Å².